The van der Waals surface area contributed by atoms with Gasteiger partial charge < -0.3 is 0 Å². The molecule has 0 aliphatic rings. The molecule has 1 heterocycles. The fourth-order valence-corrected chi connectivity index (χ4v) is 1.52. The molecule has 1 nitrogen and oxygen atoms in total. The van der Waals surface area contributed by atoms with Gasteiger partial charge in [0.05, 0.1) is 10.7 Å². The quantitative estimate of drug-likeness (QED) is 0.665. The van der Waals surface area contributed by atoms with Crippen LogP contribution < -0.4 is 0 Å². The summed E-state index contributed by atoms with van der Waals surface area (Å²) in [6.45, 7) is 7.68. The van der Waals surface area contributed by atoms with E-state index < -0.39 is 0 Å². The Balaban J connectivity index is 2.75. The lowest BCUT2D eigenvalue weighted by atomic mass is 10.2. The van der Waals surface area contributed by atoms with Crippen molar-refractivity contribution >= 4 is 17.4 Å². The van der Waals surface area contributed by atoms with E-state index in [1.54, 1.807) is 17.4 Å². The van der Waals surface area contributed by atoms with Crippen molar-refractivity contribution in [3.05, 3.63) is 46.5 Å². The molecule has 0 unspecified atom stereocenters. The van der Waals surface area contributed by atoms with Crippen LogP contribution in [0.15, 0.2) is 35.8 Å². The molecule has 2 heteroatoms. The number of thiazole rings is 1. The lowest BCUT2D eigenvalue weighted by molar-refractivity contribution is 1.27. The van der Waals surface area contributed by atoms with E-state index in [1.165, 1.54) is 5.57 Å². The summed E-state index contributed by atoms with van der Waals surface area (Å²) in [6, 6.07) is 0. The first-order valence-electron chi connectivity index (χ1n) is 4.12. The molecular formula is C11H13NS. The zero-order chi connectivity index (χ0) is 9.68. The second-order valence-corrected chi connectivity index (χ2v) is 3.84. The van der Waals surface area contributed by atoms with E-state index in [0.29, 0.717) is 0 Å². The Bertz CT molecular complexity index is 345. The van der Waals surface area contributed by atoms with Crippen molar-refractivity contribution in [1.29, 1.82) is 0 Å². The summed E-state index contributed by atoms with van der Waals surface area (Å²) in [5.74, 6) is 0. The van der Waals surface area contributed by atoms with Gasteiger partial charge in [-0.15, -0.1) is 11.3 Å². The van der Waals surface area contributed by atoms with E-state index in [0.717, 1.165) is 10.7 Å². The van der Waals surface area contributed by atoms with E-state index in [-0.39, 0.29) is 0 Å². The Labute approximate surface area is 83.1 Å². The van der Waals surface area contributed by atoms with Gasteiger partial charge in [0.2, 0.25) is 0 Å². The van der Waals surface area contributed by atoms with E-state index in [2.05, 4.69) is 29.9 Å². The van der Waals surface area contributed by atoms with Crippen LogP contribution in [0.5, 0.6) is 0 Å². The molecular weight excluding hydrogens is 178 g/mol. The van der Waals surface area contributed by atoms with Crippen molar-refractivity contribution in [2.75, 3.05) is 0 Å². The molecule has 1 aromatic rings. The molecule has 13 heavy (non-hydrogen) atoms. The molecule has 68 valence electrons. The number of nitrogens with zero attached hydrogens (tertiary/aromatic N) is 1. The van der Waals surface area contributed by atoms with Crippen LogP contribution in [0.4, 0.5) is 0 Å². The Kier molecular flexibility index (Phi) is 3.65. The summed E-state index contributed by atoms with van der Waals surface area (Å²) < 4.78 is 0. The lowest BCUT2D eigenvalue weighted by Crippen LogP contribution is -1.74. The van der Waals surface area contributed by atoms with Crippen LogP contribution in [0.1, 0.15) is 17.6 Å². The second kappa shape index (κ2) is 4.77. The van der Waals surface area contributed by atoms with Crippen LogP contribution in [0.2, 0.25) is 0 Å². The topological polar surface area (TPSA) is 12.9 Å². The lowest BCUT2D eigenvalue weighted by Gasteiger charge is -1.88. The first-order chi connectivity index (χ1) is 6.22. The minimum absolute atomic E-state index is 1.04. The number of hydrogen-bond acceptors (Lipinski definition) is 2. The highest BCUT2D eigenvalue weighted by Crippen LogP contribution is 2.11. The Hall–Kier alpha value is -1.15. The zero-order valence-corrected chi connectivity index (χ0v) is 8.77. The van der Waals surface area contributed by atoms with Gasteiger partial charge in [0.15, 0.2) is 0 Å². The van der Waals surface area contributed by atoms with Crippen molar-refractivity contribution in [3.8, 4) is 0 Å². The maximum atomic E-state index is 4.34. The highest BCUT2D eigenvalue weighted by molar-refractivity contribution is 7.09. The number of aryl methyl sites for hydroxylation is 1. The normalized spacial score (nSPS) is 12.3. The first-order valence-corrected chi connectivity index (χ1v) is 5.00. The SMILES string of the molecule is C=C/C=C\C(C)=C\c1csc(C)n1. The molecule has 0 radical (unpaired) electrons. The largest absolute Gasteiger partial charge is 0.242 e. The third-order valence-corrected chi connectivity index (χ3v) is 2.30. The van der Waals surface area contributed by atoms with Crippen LogP contribution in [-0.4, -0.2) is 4.98 Å². The Morgan fingerprint density at radius 3 is 2.92 bits per heavy atom. The van der Waals surface area contributed by atoms with E-state index in [4.69, 9.17) is 0 Å². The smallest absolute Gasteiger partial charge is 0.0901 e. The van der Waals surface area contributed by atoms with Gasteiger partial charge in [0, 0.05) is 5.38 Å². The molecule has 0 aromatic carbocycles. The maximum Gasteiger partial charge on any atom is 0.0901 e. The fraction of sp³-hybridized carbons (Fsp3) is 0.182. The highest BCUT2D eigenvalue weighted by atomic mass is 32.1. The summed E-state index contributed by atoms with van der Waals surface area (Å²) in [4.78, 5) is 4.34. The van der Waals surface area contributed by atoms with Crippen LogP contribution in [0.3, 0.4) is 0 Å². The Morgan fingerprint density at radius 1 is 1.62 bits per heavy atom. The maximum absolute atomic E-state index is 4.34. The summed E-state index contributed by atoms with van der Waals surface area (Å²) >= 11 is 1.67. The first kappa shape index (κ1) is 9.93. The number of rotatable bonds is 3. The highest BCUT2D eigenvalue weighted by Gasteiger charge is 1.93. The molecule has 0 aliphatic heterocycles. The molecule has 0 spiro atoms. The van der Waals surface area contributed by atoms with Crippen molar-refractivity contribution in [2.24, 2.45) is 0 Å². The summed E-state index contributed by atoms with van der Waals surface area (Å²) in [7, 11) is 0. The van der Waals surface area contributed by atoms with E-state index >= 15 is 0 Å². The molecule has 1 aromatic heterocycles. The minimum Gasteiger partial charge on any atom is -0.242 e. The molecule has 0 N–H and O–H groups in total. The predicted molar refractivity (Wildman–Crippen MR) is 59.8 cm³/mol. The van der Waals surface area contributed by atoms with Crippen LogP contribution in [0.25, 0.3) is 6.08 Å². The zero-order valence-electron chi connectivity index (χ0n) is 7.95. The summed E-state index contributed by atoms with van der Waals surface area (Å²) in [5, 5.41) is 3.16. The molecule has 0 bridgehead atoms. The third-order valence-electron chi connectivity index (χ3n) is 1.51. The van der Waals surface area contributed by atoms with Crippen LogP contribution in [-0.2, 0) is 0 Å². The summed E-state index contributed by atoms with van der Waals surface area (Å²) in [6.07, 6.45) is 7.76. The van der Waals surface area contributed by atoms with Crippen LogP contribution >= 0.6 is 11.3 Å². The van der Waals surface area contributed by atoms with Gasteiger partial charge in [0.1, 0.15) is 0 Å². The predicted octanol–water partition coefficient (Wildman–Crippen LogP) is 3.60. The molecule has 0 saturated carbocycles. The van der Waals surface area contributed by atoms with Crippen molar-refractivity contribution in [2.45, 2.75) is 13.8 Å². The average Bonchev–Trinajstić information content (AvgIpc) is 2.48. The number of aromatic nitrogens is 1. The fourth-order valence-electron chi connectivity index (χ4n) is 0.948. The van der Waals surface area contributed by atoms with Gasteiger partial charge in [-0.05, 0) is 25.5 Å². The molecule has 0 saturated heterocycles. The molecule has 0 fully saturated rings. The molecule has 0 aliphatic carbocycles. The van der Waals surface area contributed by atoms with Gasteiger partial charge in [-0.25, -0.2) is 4.98 Å². The number of allylic oxidation sites excluding steroid dienone is 4. The molecule has 1 rings (SSSR count). The van der Waals surface area contributed by atoms with E-state index in [1.807, 2.05) is 19.1 Å². The van der Waals surface area contributed by atoms with Gasteiger partial charge in [-0.3, -0.25) is 0 Å². The second-order valence-electron chi connectivity index (χ2n) is 2.77. The number of hydrogen-bond donors (Lipinski definition) is 0. The monoisotopic (exact) mass is 191 g/mol. The molecule has 0 amide bonds. The van der Waals surface area contributed by atoms with Gasteiger partial charge in [-0.1, -0.05) is 24.8 Å². The van der Waals surface area contributed by atoms with E-state index in [9.17, 15) is 0 Å². The van der Waals surface area contributed by atoms with Gasteiger partial charge >= 0.3 is 0 Å². The van der Waals surface area contributed by atoms with Crippen LogP contribution in [0, 0.1) is 6.92 Å². The summed E-state index contributed by atoms with van der Waals surface area (Å²) in [5.41, 5.74) is 2.22. The minimum atomic E-state index is 1.04. The van der Waals surface area contributed by atoms with Crippen molar-refractivity contribution in [1.82, 2.24) is 4.98 Å². The third kappa shape index (κ3) is 3.38. The van der Waals surface area contributed by atoms with Gasteiger partial charge in [-0.2, -0.15) is 0 Å². The Morgan fingerprint density at radius 2 is 2.38 bits per heavy atom. The van der Waals surface area contributed by atoms with Crippen molar-refractivity contribution in [3.63, 3.8) is 0 Å². The molecule has 0 atom stereocenters. The standard InChI is InChI=1S/C11H13NS/c1-4-5-6-9(2)7-11-8-13-10(3)12-11/h4-8H,1H2,2-3H3/b6-5-,9-7+. The average molecular weight is 191 g/mol. The van der Waals surface area contributed by atoms with Gasteiger partial charge in [0.25, 0.3) is 0 Å². The van der Waals surface area contributed by atoms with Crippen molar-refractivity contribution < 1.29 is 0 Å².